The van der Waals surface area contributed by atoms with Crippen LogP contribution in [0.3, 0.4) is 0 Å². The number of carbonyl (C=O) groups is 2. The summed E-state index contributed by atoms with van der Waals surface area (Å²) in [6, 6.07) is 23.7. The molecule has 0 heterocycles. The molecule has 0 aliphatic rings. The Morgan fingerprint density at radius 2 is 1.59 bits per heavy atom. The minimum Gasteiger partial charge on any atom is -0.495 e. The molecule has 3 aromatic rings. The van der Waals surface area contributed by atoms with Crippen molar-refractivity contribution in [1.29, 1.82) is 0 Å². The van der Waals surface area contributed by atoms with E-state index >= 15 is 0 Å². The summed E-state index contributed by atoms with van der Waals surface area (Å²) in [5.41, 5.74) is 3.38. The third-order valence-corrected chi connectivity index (χ3v) is 7.98. The first-order valence-corrected chi connectivity index (χ1v) is 15.8. The van der Waals surface area contributed by atoms with Crippen LogP contribution >= 0.6 is 0 Å². The predicted octanol–water partition coefficient (Wildman–Crippen LogP) is 4.72. The van der Waals surface area contributed by atoms with Crippen LogP contribution in [0.25, 0.3) is 0 Å². The first-order valence-electron chi connectivity index (χ1n) is 13.9. The summed E-state index contributed by atoms with van der Waals surface area (Å²) in [4.78, 5) is 29.0. The minimum absolute atomic E-state index is 0.0688. The molecule has 0 aliphatic heterocycles. The van der Waals surface area contributed by atoms with Crippen LogP contribution in [-0.2, 0) is 32.6 Å². The molecule has 0 fully saturated rings. The van der Waals surface area contributed by atoms with Crippen LogP contribution in [0.2, 0.25) is 0 Å². The summed E-state index contributed by atoms with van der Waals surface area (Å²) in [6.45, 7) is 4.85. The molecule has 220 valence electrons. The monoisotopic (exact) mass is 579 g/mol. The van der Waals surface area contributed by atoms with Gasteiger partial charge in [-0.2, -0.15) is 0 Å². The molecule has 0 radical (unpaired) electrons. The maximum absolute atomic E-state index is 13.9. The summed E-state index contributed by atoms with van der Waals surface area (Å²) < 4.78 is 32.0. The van der Waals surface area contributed by atoms with E-state index in [0.29, 0.717) is 24.4 Å². The number of carbonyl (C=O) groups excluding carboxylic acids is 2. The van der Waals surface area contributed by atoms with Gasteiger partial charge in [0.2, 0.25) is 21.8 Å². The highest BCUT2D eigenvalue weighted by Crippen LogP contribution is 2.30. The Bertz CT molecular complexity index is 1380. The molecule has 2 amide bonds. The Hall–Kier alpha value is -3.85. The van der Waals surface area contributed by atoms with Crippen LogP contribution in [0.1, 0.15) is 42.9 Å². The maximum atomic E-state index is 13.9. The molecule has 1 N–H and O–H groups in total. The lowest BCUT2D eigenvalue weighted by atomic mass is 10.0. The zero-order valence-corrected chi connectivity index (χ0v) is 25.2. The van der Waals surface area contributed by atoms with E-state index in [-0.39, 0.29) is 37.7 Å². The number of hydrogen-bond acceptors (Lipinski definition) is 5. The van der Waals surface area contributed by atoms with Gasteiger partial charge in [0.25, 0.3) is 0 Å². The number of aryl methyl sites for hydroxylation is 1. The molecule has 0 spiro atoms. The lowest BCUT2D eigenvalue weighted by Gasteiger charge is -2.32. The molecule has 9 heteroatoms. The average molecular weight is 580 g/mol. The number of rotatable bonds is 15. The summed E-state index contributed by atoms with van der Waals surface area (Å²) >= 11 is 0. The van der Waals surface area contributed by atoms with Crippen molar-refractivity contribution in [3.8, 4) is 5.75 Å². The molecule has 0 saturated heterocycles. The Morgan fingerprint density at radius 3 is 2.22 bits per heavy atom. The fraction of sp³-hybridized carbons (Fsp3) is 0.375. The van der Waals surface area contributed by atoms with Crippen LogP contribution < -0.4 is 14.4 Å². The van der Waals surface area contributed by atoms with Gasteiger partial charge >= 0.3 is 0 Å². The van der Waals surface area contributed by atoms with Crippen molar-refractivity contribution in [2.75, 3.05) is 30.8 Å². The number of hydrogen-bond donors (Lipinski definition) is 1. The zero-order chi connectivity index (χ0) is 29.8. The number of anilines is 1. The molecular weight excluding hydrogens is 538 g/mol. The smallest absolute Gasteiger partial charge is 0.243 e. The fourth-order valence-corrected chi connectivity index (χ4v) is 5.60. The Kier molecular flexibility index (Phi) is 11.8. The van der Waals surface area contributed by atoms with Crippen molar-refractivity contribution >= 4 is 27.5 Å². The van der Waals surface area contributed by atoms with Crippen molar-refractivity contribution in [1.82, 2.24) is 10.2 Å². The van der Waals surface area contributed by atoms with Gasteiger partial charge in [-0.05, 0) is 43.0 Å². The van der Waals surface area contributed by atoms with Crippen LogP contribution in [-0.4, -0.2) is 57.6 Å². The highest BCUT2D eigenvalue weighted by Gasteiger charge is 2.30. The van der Waals surface area contributed by atoms with E-state index < -0.39 is 16.1 Å². The standard InChI is InChI=1S/C32H41N3O5S/c1-5-21-33-32(37)29(23-26-12-7-6-8-13-26)34(24-27-19-17-25(2)18-20-27)31(36)16-11-22-35(41(4,38)39)28-14-9-10-15-30(28)40-3/h6-10,12-15,17-20,29H,5,11,16,21-24H2,1-4H3,(H,33,37)/t29-/m0/s1. The lowest BCUT2D eigenvalue weighted by molar-refractivity contribution is -0.141. The van der Waals surface area contributed by atoms with E-state index in [4.69, 9.17) is 4.74 Å². The highest BCUT2D eigenvalue weighted by atomic mass is 32.2. The van der Waals surface area contributed by atoms with E-state index in [9.17, 15) is 18.0 Å². The van der Waals surface area contributed by atoms with Crippen LogP contribution in [0.15, 0.2) is 78.9 Å². The molecule has 0 unspecified atom stereocenters. The average Bonchev–Trinajstić information content (AvgIpc) is 2.96. The van der Waals surface area contributed by atoms with Gasteiger partial charge in [-0.3, -0.25) is 13.9 Å². The first kappa shape index (κ1) is 31.7. The maximum Gasteiger partial charge on any atom is 0.243 e. The van der Waals surface area contributed by atoms with Gasteiger partial charge in [-0.25, -0.2) is 8.42 Å². The largest absolute Gasteiger partial charge is 0.495 e. The topological polar surface area (TPSA) is 96.0 Å². The molecule has 0 aromatic heterocycles. The van der Waals surface area contributed by atoms with Gasteiger partial charge in [0.05, 0.1) is 19.1 Å². The van der Waals surface area contributed by atoms with Crippen molar-refractivity contribution in [3.05, 3.63) is 95.6 Å². The van der Waals surface area contributed by atoms with E-state index in [0.717, 1.165) is 29.4 Å². The van der Waals surface area contributed by atoms with E-state index in [1.165, 1.54) is 11.4 Å². The molecular formula is C32H41N3O5S. The molecule has 0 aliphatic carbocycles. The molecule has 0 saturated carbocycles. The highest BCUT2D eigenvalue weighted by molar-refractivity contribution is 7.92. The quantitative estimate of drug-likeness (QED) is 0.281. The van der Waals surface area contributed by atoms with Gasteiger partial charge in [0.1, 0.15) is 11.8 Å². The molecule has 41 heavy (non-hydrogen) atoms. The third-order valence-electron chi connectivity index (χ3n) is 6.80. The summed E-state index contributed by atoms with van der Waals surface area (Å²) in [6.07, 6.45) is 2.62. The Balaban J connectivity index is 1.88. The SMILES string of the molecule is CCCNC(=O)[C@H](Cc1ccccc1)N(Cc1ccc(C)cc1)C(=O)CCCN(c1ccccc1OC)S(C)(=O)=O. The number of nitrogens with zero attached hydrogens (tertiary/aromatic N) is 2. The summed E-state index contributed by atoms with van der Waals surface area (Å²) in [5.74, 6) is 0.00958. The van der Waals surface area contributed by atoms with Crippen LogP contribution in [0.4, 0.5) is 5.69 Å². The van der Waals surface area contributed by atoms with Gasteiger partial charge < -0.3 is 15.0 Å². The van der Waals surface area contributed by atoms with E-state index in [2.05, 4.69) is 5.32 Å². The lowest BCUT2D eigenvalue weighted by Crippen LogP contribution is -2.50. The van der Waals surface area contributed by atoms with Crippen molar-refractivity contribution in [2.24, 2.45) is 0 Å². The van der Waals surface area contributed by atoms with E-state index in [1.54, 1.807) is 29.2 Å². The van der Waals surface area contributed by atoms with Crippen molar-refractivity contribution < 1.29 is 22.7 Å². The van der Waals surface area contributed by atoms with Gasteiger partial charge in [0.15, 0.2) is 0 Å². The number of benzene rings is 3. The number of sulfonamides is 1. The first-order chi connectivity index (χ1) is 19.6. The number of amides is 2. The second-order valence-corrected chi connectivity index (χ2v) is 12.0. The van der Waals surface area contributed by atoms with Crippen molar-refractivity contribution in [3.63, 3.8) is 0 Å². The molecule has 1 atom stereocenters. The molecule has 0 bridgehead atoms. The van der Waals surface area contributed by atoms with Crippen LogP contribution in [0.5, 0.6) is 5.75 Å². The van der Waals surface area contributed by atoms with Crippen LogP contribution in [0, 0.1) is 6.92 Å². The van der Waals surface area contributed by atoms with Gasteiger partial charge in [0, 0.05) is 32.5 Å². The second-order valence-electron chi connectivity index (χ2n) is 10.1. The number of methoxy groups -OCH3 is 1. The molecule has 3 aromatic carbocycles. The number of para-hydroxylation sites is 2. The normalized spacial score (nSPS) is 11.9. The Morgan fingerprint density at radius 1 is 0.927 bits per heavy atom. The third kappa shape index (κ3) is 9.35. The molecule has 3 rings (SSSR count). The summed E-state index contributed by atoms with van der Waals surface area (Å²) in [7, 11) is -2.15. The predicted molar refractivity (Wildman–Crippen MR) is 163 cm³/mol. The minimum atomic E-state index is -3.64. The van der Waals surface area contributed by atoms with E-state index in [1.807, 2.05) is 68.4 Å². The van der Waals surface area contributed by atoms with Gasteiger partial charge in [-0.1, -0.05) is 79.2 Å². The second kappa shape index (κ2) is 15.2. The number of nitrogens with one attached hydrogen (secondary N) is 1. The van der Waals surface area contributed by atoms with Gasteiger partial charge in [-0.15, -0.1) is 0 Å². The molecule has 8 nitrogen and oxygen atoms in total. The summed E-state index contributed by atoms with van der Waals surface area (Å²) in [5, 5.41) is 2.98. The zero-order valence-electron chi connectivity index (χ0n) is 24.4. The van der Waals surface area contributed by atoms with Crippen molar-refractivity contribution in [2.45, 2.75) is 52.1 Å². The fourth-order valence-electron chi connectivity index (χ4n) is 4.63. The Labute approximate surface area is 244 Å². The number of ether oxygens (including phenoxy) is 1.